The summed E-state index contributed by atoms with van der Waals surface area (Å²) in [5.74, 6) is 0. The Kier molecular flexibility index (Phi) is 39.8. The minimum atomic E-state index is -7.00. The summed E-state index contributed by atoms with van der Waals surface area (Å²) in [6.45, 7) is 8.80. The summed E-state index contributed by atoms with van der Waals surface area (Å²) < 4.78 is 39.5. The van der Waals surface area contributed by atoms with E-state index in [4.69, 9.17) is 0 Å². The molecule has 1 saturated heterocycles. The van der Waals surface area contributed by atoms with Crippen LogP contribution in [0.4, 0.5) is 12.4 Å². The molecule has 25 heavy (non-hydrogen) atoms. The van der Waals surface area contributed by atoms with E-state index in [9.17, 15) is 12.4 Å². The summed E-state index contributed by atoms with van der Waals surface area (Å²) in [7, 11) is 0. The maximum absolute atomic E-state index is 9.88. The van der Waals surface area contributed by atoms with Crippen LogP contribution < -0.4 is 16.0 Å². The molecule has 0 aromatic heterocycles. The zero-order valence-electron chi connectivity index (χ0n) is 15.3. The van der Waals surface area contributed by atoms with Gasteiger partial charge in [-0.25, -0.2) is 0 Å². The van der Waals surface area contributed by atoms with Gasteiger partial charge in [0.25, 0.3) is 0 Å². The van der Waals surface area contributed by atoms with Crippen molar-refractivity contribution in [1.82, 2.24) is 16.0 Å². The van der Waals surface area contributed by atoms with Crippen molar-refractivity contribution in [2.75, 3.05) is 52.4 Å². The van der Waals surface area contributed by atoms with E-state index < -0.39 is 18.7 Å². The summed E-state index contributed by atoms with van der Waals surface area (Å²) in [6.07, 6.45) is 4.82. The van der Waals surface area contributed by atoms with Gasteiger partial charge >= 0.3 is 31.1 Å². The molecule has 0 bridgehead atoms. The second-order valence-corrected chi connectivity index (χ2v) is 6.10. The van der Waals surface area contributed by atoms with E-state index in [1.54, 1.807) is 0 Å². The molecule has 4 nitrogen and oxygen atoms in total. The summed E-state index contributed by atoms with van der Waals surface area (Å²) >= 11 is -7.00. The van der Waals surface area contributed by atoms with E-state index in [-0.39, 0.29) is 39.7 Å². The third-order valence-corrected chi connectivity index (χ3v) is 2.75. The van der Waals surface area contributed by atoms with Crippen molar-refractivity contribution in [1.29, 1.82) is 0 Å². The van der Waals surface area contributed by atoms with Crippen LogP contribution in [-0.2, 0) is 18.7 Å². The average Bonchev–Trinajstić information content (AvgIpc) is 2.37. The van der Waals surface area contributed by atoms with Gasteiger partial charge in [-0.05, 0) is 52.1 Å². The molecule has 11 heteroatoms. The van der Waals surface area contributed by atoms with Crippen LogP contribution in [0, 0.1) is 14.9 Å². The van der Waals surface area contributed by atoms with Gasteiger partial charge in [-0.15, -0.1) is 37.9 Å². The molecule has 0 radical (unpaired) electrons. The van der Waals surface area contributed by atoms with Crippen molar-refractivity contribution in [3.05, 3.63) is 20.2 Å². The van der Waals surface area contributed by atoms with Gasteiger partial charge < -0.3 is 36.1 Å². The van der Waals surface area contributed by atoms with Crippen LogP contribution in [-0.4, -0.2) is 52.4 Å². The molecule has 0 saturated carbocycles. The summed E-state index contributed by atoms with van der Waals surface area (Å²) in [5, 5.41) is 14.9. The van der Waals surface area contributed by atoms with Crippen LogP contribution in [0.1, 0.15) is 25.7 Å². The zero-order chi connectivity index (χ0) is 15.8. The molecular formula is C14H35Cl2F4N4Ti-3. The molecule has 0 aromatic rings. The first kappa shape index (κ1) is 36.7. The third kappa shape index (κ3) is 45.7. The number of rotatable bonds is 0. The van der Waals surface area contributed by atoms with E-state index in [0.717, 1.165) is 52.4 Å². The Morgan fingerprint density at radius 1 is 0.560 bits per heavy atom. The molecule has 1 aliphatic heterocycles. The number of nitrogens with one attached hydrogen (secondary N) is 3. The molecule has 1 heterocycles. The van der Waals surface area contributed by atoms with Gasteiger partial charge in [-0.2, -0.15) is 0 Å². The predicted octanol–water partition coefficient (Wildman–Crippen LogP) is 4.13. The van der Waals surface area contributed by atoms with Crippen LogP contribution in [0.3, 0.4) is 0 Å². The average molecular weight is 454 g/mol. The molecule has 0 unspecified atom stereocenters. The Balaban J connectivity index is -0.000000132. The molecule has 1 rings (SSSR count). The van der Waals surface area contributed by atoms with Gasteiger partial charge in [0.15, 0.2) is 0 Å². The maximum atomic E-state index is 9.88. The molecule has 0 atom stereocenters. The van der Waals surface area contributed by atoms with Crippen molar-refractivity contribution >= 4 is 24.8 Å². The Labute approximate surface area is 169 Å². The van der Waals surface area contributed by atoms with Crippen molar-refractivity contribution < 1.29 is 31.1 Å². The fourth-order valence-corrected chi connectivity index (χ4v) is 1.80. The standard InChI is InChI=1S/C12H27N4.2CH3.2ClH.4FH.Ti/c1-5-13-7-2-9-15-11-4-12-16-10-3-8-14-6-1;;;;;;;;;/h13-15H,1-12H2;2*1H3;6*1H;/q3*-1;;;;;;;+4/p-4. The van der Waals surface area contributed by atoms with Crippen LogP contribution in [0.5, 0.6) is 0 Å². The van der Waals surface area contributed by atoms with Crippen LogP contribution in [0.2, 0.25) is 0 Å². The molecule has 1 fully saturated rings. The molecule has 0 aliphatic carbocycles. The normalized spacial score (nSPS) is 17.8. The van der Waals surface area contributed by atoms with Crippen molar-refractivity contribution in [2.45, 2.75) is 25.7 Å². The van der Waals surface area contributed by atoms with E-state index in [2.05, 4.69) is 21.3 Å². The van der Waals surface area contributed by atoms with Crippen molar-refractivity contribution in [3.63, 3.8) is 0 Å². The van der Waals surface area contributed by atoms with Crippen LogP contribution >= 0.6 is 24.8 Å². The van der Waals surface area contributed by atoms with Gasteiger partial charge in [0.2, 0.25) is 0 Å². The molecular weight excluding hydrogens is 419 g/mol. The van der Waals surface area contributed by atoms with E-state index in [1.807, 2.05) is 0 Å². The molecule has 0 spiro atoms. The zero-order valence-corrected chi connectivity index (χ0v) is 18.5. The van der Waals surface area contributed by atoms with E-state index in [1.165, 1.54) is 25.7 Å². The summed E-state index contributed by atoms with van der Waals surface area (Å²) in [6, 6.07) is 0. The first-order chi connectivity index (χ1) is 10.0. The Morgan fingerprint density at radius 3 is 1.08 bits per heavy atom. The monoisotopic (exact) mass is 453 g/mol. The third-order valence-electron chi connectivity index (χ3n) is 2.75. The minimum absolute atomic E-state index is 0. The summed E-state index contributed by atoms with van der Waals surface area (Å²) in [4.78, 5) is 0. The first-order valence-electron chi connectivity index (χ1n) is 7.51. The Bertz CT molecular complexity index is 161. The molecule has 1 aliphatic rings. The van der Waals surface area contributed by atoms with Crippen molar-refractivity contribution in [2.24, 2.45) is 0 Å². The fourth-order valence-electron chi connectivity index (χ4n) is 1.80. The predicted molar refractivity (Wildman–Crippen MR) is 102 cm³/mol. The Morgan fingerprint density at radius 2 is 0.800 bits per heavy atom. The first-order valence-corrected chi connectivity index (χ1v) is 9.87. The molecule has 160 valence electrons. The number of hydrogen-bond donors (Lipinski definition) is 3. The Hall–Kier alpha value is 0.854. The second kappa shape index (κ2) is 27.1. The number of nitrogens with zero attached hydrogens (tertiary/aromatic N) is 1. The van der Waals surface area contributed by atoms with E-state index in [0.29, 0.717) is 0 Å². The van der Waals surface area contributed by atoms with Gasteiger partial charge in [0.1, 0.15) is 0 Å². The fraction of sp³-hybridized carbons (Fsp3) is 0.857. The van der Waals surface area contributed by atoms with Gasteiger partial charge in [0, 0.05) is 0 Å². The summed E-state index contributed by atoms with van der Waals surface area (Å²) in [5.41, 5.74) is 0. The molecule has 0 amide bonds. The van der Waals surface area contributed by atoms with Crippen LogP contribution in [0.25, 0.3) is 5.32 Å². The van der Waals surface area contributed by atoms with Gasteiger partial charge in [-0.1, -0.05) is 12.8 Å². The molecule has 0 aromatic carbocycles. The van der Waals surface area contributed by atoms with Crippen LogP contribution in [0.15, 0.2) is 0 Å². The number of halogens is 6. The van der Waals surface area contributed by atoms with Gasteiger partial charge in [0.05, 0.1) is 0 Å². The van der Waals surface area contributed by atoms with Gasteiger partial charge in [-0.3, -0.25) is 0 Å². The topological polar surface area (TPSA) is 50.2 Å². The van der Waals surface area contributed by atoms with E-state index >= 15 is 0 Å². The quantitative estimate of drug-likeness (QED) is 0.293. The SMILES string of the molecule is C1C[N-]CCCNCCCNCCCNC1.Cl.Cl.[CH3-].[CH3-].[F][Ti]([F])([F])[F]. The number of hydrogen-bond acceptors (Lipinski definition) is 3. The second-order valence-electron chi connectivity index (χ2n) is 4.76. The molecule has 3 N–H and O–H groups in total. The van der Waals surface area contributed by atoms with Crippen molar-refractivity contribution in [3.8, 4) is 0 Å².